The van der Waals surface area contributed by atoms with Crippen molar-refractivity contribution in [1.29, 1.82) is 0 Å². The van der Waals surface area contributed by atoms with Crippen molar-refractivity contribution in [3.8, 4) is 0 Å². The molecule has 1 aromatic carbocycles. The molecule has 0 aliphatic carbocycles. The van der Waals surface area contributed by atoms with E-state index in [1.807, 2.05) is 11.0 Å². The smallest absolute Gasteiger partial charge is 0.320 e. The van der Waals surface area contributed by atoms with Gasteiger partial charge in [-0.1, -0.05) is 55.3 Å². The van der Waals surface area contributed by atoms with Gasteiger partial charge in [0.2, 0.25) is 0 Å². The molecule has 2 aliphatic rings. The molecule has 2 heterocycles. The van der Waals surface area contributed by atoms with Crippen molar-refractivity contribution in [2.24, 2.45) is 0 Å². The molecule has 2 aliphatic heterocycles. The van der Waals surface area contributed by atoms with E-state index in [9.17, 15) is 4.79 Å². The van der Waals surface area contributed by atoms with Gasteiger partial charge in [-0.25, -0.2) is 4.79 Å². The maximum atomic E-state index is 12.6. The summed E-state index contributed by atoms with van der Waals surface area (Å²) >= 11 is 0. The number of urea groups is 1. The Bertz CT molecular complexity index is 527. The summed E-state index contributed by atoms with van der Waals surface area (Å²) in [5.41, 5.74) is 1.24. The maximum absolute atomic E-state index is 12.6. The molecule has 24 heavy (non-hydrogen) atoms. The molecule has 2 amide bonds. The van der Waals surface area contributed by atoms with E-state index in [0.717, 1.165) is 58.7 Å². The van der Waals surface area contributed by atoms with Crippen molar-refractivity contribution in [3.05, 3.63) is 42.0 Å². The van der Waals surface area contributed by atoms with Gasteiger partial charge in [0.1, 0.15) is 0 Å². The summed E-state index contributed by atoms with van der Waals surface area (Å²) in [4.78, 5) is 19.2. The minimum atomic E-state index is 0.261. The monoisotopic (exact) mass is 327 g/mol. The van der Waals surface area contributed by atoms with E-state index in [4.69, 9.17) is 0 Å². The van der Waals surface area contributed by atoms with Crippen molar-refractivity contribution < 1.29 is 4.79 Å². The number of piperazine rings is 1. The minimum Gasteiger partial charge on any atom is -0.325 e. The van der Waals surface area contributed by atoms with Crippen LogP contribution in [0.5, 0.6) is 0 Å². The molecule has 0 N–H and O–H groups in total. The van der Waals surface area contributed by atoms with Crippen LogP contribution in [0.4, 0.5) is 4.79 Å². The fourth-order valence-electron chi connectivity index (χ4n) is 3.49. The number of amides is 2. The van der Waals surface area contributed by atoms with Gasteiger partial charge in [-0.15, -0.1) is 0 Å². The number of rotatable bonds is 3. The number of hydrogen-bond acceptors (Lipinski definition) is 2. The Morgan fingerprint density at radius 2 is 1.46 bits per heavy atom. The molecule has 3 rings (SSSR count). The van der Waals surface area contributed by atoms with Crippen molar-refractivity contribution in [2.45, 2.75) is 25.7 Å². The Kier molecular flexibility index (Phi) is 6.30. The van der Waals surface area contributed by atoms with E-state index >= 15 is 0 Å². The normalized spacial score (nSPS) is 20.3. The maximum Gasteiger partial charge on any atom is 0.320 e. The molecule has 0 aromatic heterocycles. The molecule has 1 aromatic rings. The summed E-state index contributed by atoms with van der Waals surface area (Å²) < 4.78 is 0. The molecule has 0 unspecified atom stereocenters. The molecule has 0 radical (unpaired) electrons. The summed E-state index contributed by atoms with van der Waals surface area (Å²) in [5, 5.41) is 0. The zero-order valence-electron chi connectivity index (χ0n) is 14.6. The van der Waals surface area contributed by atoms with Crippen molar-refractivity contribution in [2.75, 3.05) is 45.8 Å². The van der Waals surface area contributed by atoms with Crippen LogP contribution in [0.15, 0.2) is 36.4 Å². The summed E-state index contributed by atoms with van der Waals surface area (Å²) in [7, 11) is 0. The summed E-state index contributed by atoms with van der Waals surface area (Å²) in [6, 6.07) is 10.7. The molecular weight excluding hydrogens is 298 g/mol. The summed E-state index contributed by atoms with van der Waals surface area (Å²) in [6.07, 6.45) is 9.26. The molecule has 0 spiro atoms. The standard InChI is InChI=1S/C20H29N3O/c24-20(22-13-6-1-2-7-14-22)23-17-15-21(16-18-23)12-8-11-19-9-4-3-5-10-19/h3-5,8-11H,1-2,6-7,12-18H2/b11-8+. The average Bonchev–Trinajstić information content (AvgIpc) is 2.92. The van der Waals surface area contributed by atoms with E-state index in [-0.39, 0.29) is 6.03 Å². The van der Waals surface area contributed by atoms with Crippen LogP contribution in [0.25, 0.3) is 6.08 Å². The average molecular weight is 327 g/mol. The number of carbonyl (C=O) groups is 1. The molecule has 4 nitrogen and oxygen atoms in total. The molecule has 130 valence electrons. The van der Waals surface area contributed by atoms with Gasteiger partial charge in [-0.05, 0) is 18.4 Å². The van der Waals surface area contributed by atoms with Crippen molar-refractivity contribution in [3.63, 3.8) is 0 Å². The number of carbonyl (C=O) groups excluding carboxylic acids is 1. The third kappa shape index (κ3) is 4.84. The third-order valence-electron chi connectivity index (χ3n) is 4.99. The number of hydrogen-bond donors (Lipinski definition) is 0. The Balaban J connectivity index is 1.42. The summed E-state index contributed by atoms with van der Waals surface area (Å²) in [6.45, 7) is 6.50. The van der Waals surface area contributed by atoms with Gasteiger partial charge in [-0.2, -0.15) is 0 Å². The predicted octanol–water partition coefficient (Wildman–Crippen LogP) is 3.31. The number of nitrogens with zero attached hydrogens (tertiary/aromatic N) is 3. The Labute approximate surface area is 145 Å². The first kappa shape index (κ1) is 17.0. The topological polar surface area (TPSA) is 26.8 Å². The zero-order valence-corrected chi connectivity index (χ0v) is 14.6. The van der Waals surface area contributed by atoms with Gasteiger partial charge < -0.3 is 9.80 Å². The Morgan fingerprint density at radius 3 is 2.12 bits per heavy atom. The first-order chi connectivity index (χ1) is 11.8. The van der Waals surface area contributed by atoms with Crippen LogP contribution in [0, 0.1) is 0 Å². The highest BCUT2D eigenvalue weighted by Crippen LogP contribution is 2.13. The molecule has 2 fully saturated rings. The highest BCUT2D eigenvalue weighted by Gasteiger charge is 2.25. The highest BCUT2D eigenvalue weighted by molar-refractivity contribution is 5.74. The third-order valence-corrected chi connectivity index (χ3v) is 4.99. The van der Waals surface area contributed by atoms with Gasteiger partial charge in [0.25, 0.3) is 0 Å². The second kappa shape index (κ2) is 8.88. The SMILES string of the molecule is O=C(N1CCCCCC1)N1CCN(C/C=C/c2ccccc2)CC1. The van der Waals surface area contributed by atoms with Crippen LogP contribution < -0.4 is 0 Å². The Morgan fingerprint density at radius 1 is 0.833 bits per heavy atom. The second-order valence-corrected chi connectivity index (χ2v) is 6.78. The van der Waals surface area contributed by atoms with Gasteiger partial charge in [0.05, 0.1) is 0 Å². The molecule has 0 bridgehead atoms. The fourth-order valence-corrected chi connectivity index (χ4v) is 3.49. The fraction of sp³-hybridized carbons (Fsp3) is 0.550. The largest absolute Gasteiger partial charge is 0.325 e. The molecule has 0 saturated carbocycles. The summed E-state index contributed by atoms with van der Waals surface area (Å²) in [5.74, 6) is 0. The number of benzene rings is 1. The van der Waals surface area contributed by atoms with Gasteiger partial charge >= 0.3 is 6.03 Å². The first-order valence-corrected chi connectivity index (χ1v) is 9.31. The van der Waals surface area contributed by atoms with E-state index in [0.29, 0.717) is 0 Å². The van der Waals surface area contributed by atoms with Crippen LogP contribution in [0.1, 0.15) is 31.2 Å². The Hall–Kier alpha value is -1.81. The van der Waals surface area contributed by atoms with Crippen LogP contribution in [0.2, 0.25) is 0 Å². The molecular formula is C20H29N3O. The zero-order chi connectivity index (χ0) is 16.6. The highest BCUT2D eigenvalue weighted by atomic mass is 16.2. The second-order valence-electron chi connectivity index (χ2n) is 6.78. The quantitative estimate of drug-likeness (QED) is 0.851. The van der Waals surface area contributed by atoms with E-state index < -0.39 is 0 Å². The van der Waals surface area contributed by atoms with E-state index in [1.54, 1.807) is 0 Å². The molecule has 4 heteroatoms. The van der Waals surface area contributed by atoms with Gasteiger partial charge in [-0.3, -0.25) is 4.90 Å². The van der Waals surface area contributed by atoms with Crippen molar-refractivity contribution in [1.82, 2.24) is 14.7 Å². The van der Waals surface area contributed by atoms with E-state index in [1.165, 1.54) is 18.4 Å². The van der Waals surface area contributed by atoms with Crippen LogP contribution >= 0.6 is 0 Å². The lowest BCUT2D eigenvalue weighted by molar-refractivity contribution is 0.118. The van der Waals surface area contributed by atoms with Gasteiger partial charge in [0.15, 0.2) is 0 Å². The van der Waals surface area contributed by atoms with Gasteiger partial charge in [0, 0.05) is 45.8 Å². The van der Waals surface area contributed by atoms with E-state index in [2.05, 4.69) is 46.2 Å². The number of likely N-dealkylation sites (tertiary alicyclic amines) is 1. The lowest BCUT2D eigenvalue weighted by Gasteiger charge is -2.37. The van der Waals surface area contributed by atoms with Crippen LogP contribution in [0.3, 0.4) is 0 Å². The van der Waals surface area contributed by atoms with Crippen LogP contribution in [-0.4, -0.2) is 66.5 Å². The predicted molar refractivity (Wildman–Crippen MR) is 98.9 cm³/mol. The molecule has 0 atom stereocenters. The lowest BCUT2D eigenvalue weighted by atomic mass is 10.2. The first-order valence-electron chi connectivity index (χ1n) is 9.31. The van der Waals surface area contributed by atoms with Crippen molar-refractivity contribution >= 4 is 12.1 Å². The van der Waals surface area contributed by atoms with Crippen LogP contribution in [-0.2, 0) is 0 Å². The lowest BCUT2D eigenvalue weighted by Crippen LogP contribution is -2.52. The minimum absolute atomic E-state index is 0.261. The molecule has 2 saturated heterocycles.